The number of hydrogen-bond acceptors (Lipinski definition) is 5. The molecule has 30 heavy (non-hydrogen) atoms. The van der Waals surface area contributed by atoms with Crippen molar-refractivity contribution in [3.8, 4) is 23.0 Å². The molecule has 6 nitrogen and oxygen atoms in total. The van der Waals surface area contributed by atoms with Gasteiger partial charge in [0, 0.05) is 17.8 Å². The highest BCUT2D eigenvalue weighted by molar-refractivity contribution is 5.96. The zero-order valence-electron chi connectivity index (χ0n) is 16.8. The van der Waals surface area contributed by atoms with Gasteiger partial charge in [0.2, 0.25) is 11.7 Å². The highest BCUT2D eigenvalue weighted by Crippen LogP contribution is 2.40. The minimum atomic E-state index is -4.76. The van der Waals surface area contributed by atoms with Crippen molar-refractivity contribution in [1.29, 1.82) is 0 Å². The van der Waals surface area contributed by atoms with Gasteiger partial charge in [0.25, 0.3) is 0 Å². The summed E-state index contributed by atoms with van der Waals surface area (Å²) in [4.78, 5) is 14.6. The van der Waals surface area contributed by atoms with Gasteiger partial charge in [0.15, 0.2) is 11.5 Å². The quantitative estimate of drug-likeness (QED) is 0.697. The highest BCUT2D eigenvalue weighted by Gasteiger charge is 2.32. The number of benzene rings is 2. The van der Waals surface area contributed by atoms with Gasteiger partial charge in [-0.25, -0.2) is 0 Å². The molecule has 2 aromatic rings. The Bertz CT molecular complexity index is 930. The van der Waals surface area contributed by atoms with E-state index in [-0.39, 0.29) is 18.1 Å². The number of hydrogen-bond donors (Lipinski definition) is 0. The molecule has 0 N–H and O–H groups in total. The van der Waals surface area contributed by atoms with E-state index in [1.165, 1.54) is 39.5 Å². The lowest BCUT2D eigenvalue weighted by Gasteiger charge is -2.30. The highest BCUT2D eigenvalue weighted by atomic mass is 19.4. The number of fused-ring (bicyclic) bond motifs is 1. The standard InChI is InChI=1S/C21H22F3NO5/c1-27-17-9-6-14(19(28-2)20(17)29-3)12-18(26)25-10-4-5-13-11-15(7-8-16(13)25)30-21(22,23)24/h6-9,11H,4-5,10,12H2,1-3H3. The van der Waals surface area contributed by atoms with Crippen LogP contribution in [-0.4, -0.2) is 40.1 Å². The van der Waals surface area contributed by atoms with Crippen LogP contribution in [0.25, 0.3) is 0 Å². The summed E-state index contributed by atoms with van der Waals surface area (Å²) in [6.45, 7) is 0.473. The van der Waals surface area contributed by atoms with Crippen molar-refractivity contribution in [1.82, 2.24) is 0 Å². The second-order valence-corrected chi connectivity index (χ2v) is 6.66. The predicted octanol–water partition coefficient (Wildman–Crippen LogP) is 4.13. The SMILES string of the molecule is COc1ccc(CC(=O)N2CCCc3cc(OC(F)(F)F)ccc32)c(OC)c1OC. The van der Waals surface area contributed by atoms with Gasteiger partial charge < -0.3 is 23.8 Å². The Morgan fingerprint density at radius 1 is 1.03 bits per heavy atom. The molecule has 0 spiro atoms. The number of carbonyl (C=O) groups is 1. The molecule has 0 fully saturated rings. The number of amides is 1. The van der Waals surface area contributed by atoms with Gasteiger partial charge in [0.1, 0.15) is 5.75 Å². The number of halogens is 3. The van der Waals surface area contributed by atoms with Crippen LogP contribution in [0.4, 0.5) is 18.9 Å². The lowest BCUT2D eigenvalue weighted by atomic mass is 10.00. The molecule has 1 heterocycles. The first-order chi connectivity index (χ1) is 14.3. The maximum atomic E-state index is 13.1. The van der Waals surface area contributed by atoms with Crippen LogP contribution >= 0.6 is 0 Å². The molecule has 1 aliphatic heterocycles. The second kappa shape index (κ2) is 8.73. The third-order valence-corrected chi connectivity index (χ3v) is 4.83. The third kappa shape index (κ3) is 4.55. The number of anilines is 1. The number of ether oxygens (including phenoxy) is 4. The van der Waals surface area contributed by atoms with Crippen LogP contribution < -0.4 is 23.8 Å². The van der Waals surface area contributed by atoms with Crippen LogP contribution in [-0.2, 0) is 17.6 Å². The molecule has 0 radical (unpaired) electrons. The zero-order chi connectivity index (χ0) is 21.9. The fraction of sp³-hybridized carbons (Fsp3) is 0.381. The monoisotopic (exact) mass is 425 g/mol. The van der Waals surface area contributed by atoms with E-state index in [0.717, 1.165) is 0 Å². The van der Waals surface area contributed by atoms with Crippen molar-refractivity contribution in [2.24, 2.45) is 0 Å². The van der Waals surface area contributed by atoms with Gasteiger partial charge in [-0.3, -0.25) is 4.79 Å². The average Bonchev–Trinajstić information content (AvgIpc) is 2.71. The first-order valence-corrected chi connectivity index (χ1v) is 9.24. The van der Waals surface area contributed by atoms with Crippen molar-refractivity contribution in [3.63, 3.8) is 0 Å². The number of aryl methyl sites for hydroxylation is 1. The Morgan fingerprint density at radius 2 is 1.77 bits per heavy atom. The van der Waals surface area contributed by atoms with E-state index in [9.17, 15) is 18.0 Å². The summed E-state index contributed by atoms with van der Waals surface area (Å²) in [7, 11) is 4.46. The molecule has 0 saturated carbocycles. The molecule has 3 rings (SSSR count). The normalized spacial score (nSPS) is 13.5. The van der Waals surface area contributed by atoms with Crippen LogP contribution in [0.15, 0.2) is 30.3 Å². The van der Waals surface area contributed by atoms with Gasteiger partial charge in [0.05, 0.1) is 27.8 Å². The molecule has 0 saturated heterocycles. The molecule has 1 aliphatic rings. The summed E-state index contributed by atoms with van der Waals surface area (Å²) in [5, 5.41) is 0. The summed E-state index contributed by atoms with van der Waals surface area (Å²) in [6.07, 6.45) is -3.53. The fourth-order valence-corrected chi connectivity index (χ4v) is 3.59. The molecule has 0 aromatic heterocycles. The zero-order valence-corrected chi connectivity index (χ0v) is 16.8. The average molecular weight is 425 g/mol. The van der Waals surface area contributed by atoms with Crippen LogP contribution in [0, 0.1) is 0 Å². The van der Waals surface area contributed by atoms with Gasteiger partial charge in [-0.2, -0.15) is 0 Å². The van der Waals surface area contributed by atoms with Gasteiger partial charge in [-0.05, 0) is 42.7 Å². The first kappa shape index (κ1) is 21.6. The molecule has 162 valence electrons. The Kier molecular flexibility index (Phi) is 6.28. The van der Waals surface area contributed by atoms with Crippen LogP contribution in [0.5, 0.6) is 23.0 Å². The lowest BCUT2D eigenvalue weighted by molar-refractivity contribution is -0.274. The molecule has 9 heteroatoms. The van der Waals surface area contributed by atoms with Crippen molar-refractivity contribution >= 4 is 11.6 Å². The topological polar surface area (TPSA) is 57.2 Å². The van der Waals surface area contributed by atoms with E-state index in [2.05, 4.69) is 4.74 Å². The Labute approximate surface area is 172 Å². The summed E-state index contributed by atoms with van der Waals surface area (Å²) < 4.78 is 57.5. The number of nitrogens with zero attached hydrogens (tertiary/aromatic N) is 1. The van der Waals surface area contributed by atoms with Crippen molar-refractivity contribution in [2.75, 3.05) is 32.8 Å². The van der Waals surface area contributed by atoms with E-state index >= 15 is 0 Å². The minimum absolute atomic E-state index is 0.0315. The molecule has 0 unspecified atom stereocenters. The van der Waals surface area contributed by atoms with Crippen LogP contribution in [0.3, 0.4) is 0 Å². The van der Waals surface area contributed by atoms with Gasteiger partial charge in [-0.15, -0.1) is 13.2 Å². The van der Waals surface area contributed by atoms with E-state index < -0.39 is 6.36 Å². The van der Waals surface area contributed by atoms with Gasteiger partial charge in [-0.1, -0.05) is 6.07 Å². The van der Waals surface area contributed by atoms with E-state index in [1.807, 2.05) is 0 Å². The Morgan fingerprint density at radius 3 is 2.40 bits per heavy atom. The Balaban J connectivity index is 1.86. The summed E-state index contributed by atoms with van der Waals surface area (Å²) in [5.41, 5.74) is 1.83. The molecular formula is C21H22F3NO5. The lowest BCUT2D eigenvalue weighted by Crippen LogP contribution is -2.36. The maximum Gasteiger partial charge on any atom is 0.573 e. The number of rotatable bonds is 6. The van der Waals surface area contributed by atoms with Crippen molar-refractivity contribution in [2.45, 2.75) is 25.6 Å². The summed E-state index contributed by atoms with van der Waals surface area (Å²) in [5.74, 6) is 0.767. The van der Waals surface area contributed by atoms with E-state index in [4.69, 9.17) is 14.2 Å². The molecule has 2 aromatic carbocycles. The Hall–Kier alpha value is -3.10. The second-order valence-electron chi connectivity index (χ2n) is 6.66. The fourth-order valence-electron chi connectivity index (χ4n) is 3.59. The van der Waals surface area contributed by atoms with E-state index in [1.54, 1.807) is 17.0 Å². The van der Waals surface area contributed by atoms with Crippen molar-refractivity contribution < 1.29 is 36.9 Å². The predicted molar refractivity (Wildman–Crippen MR) is 104 cm³/mol. The molecular weight excluding hydrogens is 403 g/mol. The number of methoxy groups -OCH3 is 3. The van der Waals surface area contributed by atoms with E-state index in [0.29, 0.717) is 53.4 Å². The van der Waals surface area contributed by atoms with Crippen LogP contribution in [0.1, 0.15) is 17.5 Å². The van der Waals surface area contributed by atoms with Crippen LogP contribution in [0.2, 0.25) is 0 Å². The number of carbonyl (C=O) groups excluding carboxylic acids is 1. The smallest absolute Gasteiger partial charge is 0.493 e. The maximum absolute atomic E-state index is 13.1. The molecule has 1 amide bonds. The largest absolute Gasteiger partial charge is 0.573 e. The first-order valence-electron chi connectivity index (χ1n) is 9.24. The molecule has 0 aliphatic carbocycles. The minimum Gasteiger partial charge on any atom is -0.493 e. The molecule has 0 atom stereocenters. The molecule has 0 bridgehead atoms. The van der Waals surface area contributed by atoms with Crippen molar-refractivity contribution in [3.05, 3.63) is 41.5 Å². The summed E-state index contributed by atoms with van der Waals surface area (Å²) in [6, 6.07) is 7.45. The number of alkyl halides is 3. The van der Waals surface area contributed by atoms with Gasteiger partial charge >= 0.3 is 6.36 Å². The summed E-state index contributed by atoms with van der Waals surface area (Å²) >= 11 is 0. The third-order valence-electron chi connectivity index (χ3n) is 4.83.